The molecule has 7 aromatic rings. The van der Waals surface area contributed by atoms with Gasteiger partial charge in [0.1, 0.15) is 23.3 Å². The lowest BCUT2D eigenvalue weighted by atomic mass is 9.77. The summed E-state index contributed by atoms with van der Waals surface area (Å²) in [6.07, 6.45) is 23.7. The highest BCUT2D eigenvalue weighted by molar-refractivity contribution is 6.31. The van der Waals surface area contributed by atoms with Gasteiger partial charge in [0.15, 0.2) is 0 Å². The molecule has 17 rings (SSSR count). The van der Waals surface area contributed by atoms with Gasteiger partial charge in [-0.1, -0.05) is 42.4 Å². The number of likely N-dealkylation sites (N-methyl/N-ethyl adjacent to an activating group) is 1. The van der Waals surface area contributed by atoms with E-state index < -0.39 is 5.97 Å². The van der Waals surface area contributed by atoms with Gasteiger partial charge in [0.25, 0.3) is 0 Å². The van der Waals surface area contributed by atoms with Crippen LogP contribution in [0, 0.1) is 25.2 Å². The monoisotopic (exact) mass is 1510 g/mol. The van der Waals surface area contributed by atoms with E-state index in [0.717, 1.165) is 228 Å². The molecule has 6 N–H and O–H groups in total. The van der Waals surface area contributed by atoms with E-state index in [2.05, 4.69) is 153 Å². The minimum atomic E-state index is -0.633. The van der Waals surface area contributed by atoms with Gasteiger partial charge in [-0.15, -0.1) is 10.2 Å². The third-order valence-corrected chi connectivity index (χ3v) is 24.0. The van der Waals surface area contributed by atoms with E-state index in [0.29, 0.717) is 53.2 Å². The molecule has 1 spiro atoms. The SMILES string of the molecule is C=C(O)C1CCN(C)CC1.CN1CCC(N2C(=O)Cc3ccccc32)CC1.CN1CCC(N2CCC[C@H]2C(=O)O)CC1.CN1CCC(n2c(=O)[nH]c3cc(Cl)ccc32)CC1.CN1CCC2(CCNC2=O)CC1.CN1CCc2[nH]ncc2C1.CNCc1cn2ccccc2n1.Cc1nnc(C)n1C1CCN(C)CC1. The first-order valence-corrected chi connectivity index (χ1v) is 40.0. The van der Waals surface area contributed by atoms with Crippen LogP contribution >= 0.6 is 11.6 Å². The fraction of sp³-hybridized carbons (Fsp3) is 0.630. The summed E-state index contributed by atoms with van der Waals surface area (Å²) in [5.41, 5.74) is 8.86. The van der Waals surface area contributed by atoms with Gasteiger partial charge in [-0.3, -0.25) is 28.9 Å². The first kappa shape index (κ1) is 83.1. The van der Waals surface area contributed by atoms with Crippen LogP contribution in [0.25, 0.3) is 16.7 Å². The summed E-state index contributed by atoms with van der Waals surface area (Å²) >= 11 is 5.95. The number of aromatic amines is 2. The average molecular weight is 1510 g/mol. The minimum Gasteiger partial charge on any atom is -0.513 e. The number of imidazole rings is 2. The minimum absolute atomic E-state index is 0.0203. The summed E-state index contributed by atoms with van der Waals surface area (Å²) in [5.74, 6) is 2.78. The van der Waals surface area contributed by atoms with E-state index in [9.17, 15) is 19.2 Å². The summed E-state index contributed by atoms with van der Waals surface area (Å²) in [6, 6.07) is 21.4. The number of carbonyl (C=O) groups excluding carboxylic acids is 2. The lowest BCUT2D eigenvalue weighted by Gasteiger charge is -2.36. The van der Waals surface area contributed by atoms with Crippen LogP contribution in [0.5, 0.6) is 0 Å². The third-order valence-electron chi connectivity index (χ3n) is 23.7. The molecule has 0 unspecified atom stereocenters. The number of pyridine rings is 1. The molecule has 5 aromatic heterocycles. The smallest absolute Gasteiger partial charge is 0.326 e. The molecule has 0 aliphatic carbocycles. The highest BCUT2D eigenvalue weighted by Crippen LogP contribution is 2.38. The van der Waals surface area contributed by atoms with Crippen molar-refractivity contribution in [3.05, 3.63) is 141 Å². The molecule has 0 bridgehead atoms. The zero-order valence-corrected chi connectivity index (χ0v) is 67.0. The molecule has 1 atom stereocenters. The standard InChI is InChI=1S/C14H18N2O.C13H16ClN3O.C11H20N2O2.C10H18N4.C9H11N3.C9H16N2O.C8H15NO.C7H11N3/c1-15-8-6-12(7-9-15)16-13-5-3-2-4-11(13)10-14(16)17;1-16-6-4-10(5-7-16)17-12-3-2-9(14)8-11(12)15-13(17)18;1-12-7-4-9(5-8-12)13-6-2-3-10(13)11(14)15;1-8-11-12-9(2)14(8)10-4-6-13(3)7-5-10;1-10-6-8-7-12-5-3-2-4-9(12)11-8;1-11-6-3-9(4-7-11)2-5-10-8(9)12;1-7(10)8-3-5-9(2)6-4-8;1-10-3-2-7-6(5-10)4-8-9-7/h2-5,12H,6-10H2,1H3;2-3,8,10H,4-7H2,1H3,(H,15,18);9-10H,2-8H2,1H3,(H,14,15);10H,4-7H2,1-3H3;2-5,7,10H,6H2,1H3;2-7H2,1H3,(H,10,12);8,10H,1,3-6H2,2H3;4H,2-3,5H2,1H3,(H,8,9)/t;;10-;;;;;/m..0...../s1. The number of H-pyrrole nitrogens is 2. The molecule has 2 aromatic carbocycles. The van der Waals surface area contributed by atoms with E-state index in [-0.39, 0.29) is 23.1 Å². The molecule has 592 valence electrons. The molecule has 108 heavy (non-hydrogen) atoms. The van der Waals surface area contributed by atoms with Crippen molar-refractivity contribution in [1.29, 1.82) is 0 Å². The van der Waals surface area contributed by atoms with Crippen molar-refractivity contribution in [2.45, 2.75) is 166 Å². The zero-order chi connectivity index (χ0) is 77.0. The number of carboxylic acid groups (broad SMARTS) is 1. The number of aliphatic carboxylic acids is 1. The number of allylic oxidation sites excluding steroid dienone is 1. The highest BCUT2D eigenvalue weighted by atomic mass is 35.5. The largest absolute Gasteiger partial charge is 0.513 e. The molecule has 0 saturated carbocycles. The van der Waals surface area contributed by atoms with Crippen molar-refractivity contribution < 1.29 is 24.6 Å². The van der Waals surface area contributed by atoms with E-state index in [1.165, 1.54) is 42.8 Å². The van der Waals surface area contributed by atoms with Crippen molar-refractivity contribution in [3.8, 4) is 0 Å². The summed E-state index contributed by atoms with van der Waals surface area (Å²) < 4.78 is 6.19. The molecule has 27 heteroatoms. The Labute approximate surface area is 645 Å². The predicted octanol–water partition coefficient (Wildman–Crippen LogP) is 8.78. The fourth-order valence-electron chi connectivity index (χ4n) is 16.9. The number of fused-ring (bicyclic) bond motifs is 4. The molecule has 8 fully saturated rings. The number of anilines is 1. The normalized spacial score (nSPS) is 21.8. The number of halogens is 1. The number of piperidine rings is 6. The number of aliphatic hydroxyl groups excluding tert-OH is 1. The van der Waals surface area contributed by atoms with Gasteiger partial charge in [-0.25, -0.2) is 9.78 Å². The van der Waals surface area contributed by atoms with Crippen LogP contribution < -0.4 is 21.2 Å². The van der Waals surface area contributed by atoms with Crippen LogP contribution in [0.3, 0.4) is 0 Å². The number of hydrogen-bond acceptors (Lipinski definition) is 18. The second kappa shape index (κ2) is 40.0. The Bertz CT molecular complexity index is 3970. The quantitative estimate of drug-likeness (QED) is 0.0777. The zero-order valence-electron chi connectivity index (χ0n) is 66.3. The number of nitrogens with zero attached hydrogens (tertiary/aromatic N) is 16. The average Bonchev–Trinajstić information content (AvgIpc) is 1.61. The number of aromatic nitrogens is 9. The number of carboxylic acids is 1. The van der Waals surface area contributed by atoms with Crippen molar-refractivity contribution >= 4 is 51.8 Å². The van der Waals surface area contributed by atoms with Crippen molar-refractivity contribution in [3.63, 3.8) is 0 Å². The Hall–Kier alpha value is -7.37. The maximum atomic E-state index is 12.1. The lowest BCUT2D eigenvalue weighted by Crippen LogP contribution is -2.48. The number of hydrogen-bond donors (Lipinski definition) is 6. The molecule has 2 amide bonds. The molecule has 0 radical (unpaired) electrons. The second-order valence-corrected chi connectivity index (χ2v) is 32.3. The van der Waals surface area contributed by atoms with E-state index in [4.69, 9.17) is 21.8 Å². The van der Waals surface area contributed by atoms with Gasteiger partial charge >= 0.3 is 11.7 Å². The highest BCUT2D eigenvalue weighted by Gasteiger charge is 2.44. The number of benzene rings is 2. The molecule has 26 nitrogen and oxygen atoms in total. The number of carbonyl (C=O) groups is 3. The Kier molecular flexibility index (Phi) is 30.8. The van der Waals surface area contributed by atoms with Gasteiger partial charge in [0.2, 0.25) is 11.8 Å². The van der Waals surface area contributed by atoms with Gasteiger partial charge in [0, 0.05) is 97.0 Å². The fourth-order valence-corrected chi connectivity index (χ4v) is 17.1. The van der Waals surface area contributed by atoms with Crippen LogP contribution in [0.2, 0.25) is 5.02 Å². The van der Waals surface area contributed by atoms with E-state index >= 15 is 0 Å². The molecule has 10 aliphatic rings. The Morgan fingerprint density at radius 2 is 1.20 bits per heavy atom. The van der Waals surface area contributed by atoms with Gasteiger partial charge in [-0.05, 0) is 294 Å². The summed E-state index contributed by atoms with van der Waals surface area (Å²) in [6.45, 7) is 25.7. The Morgan fingerprint density at radius 3 is 1.78 bits per heavy atom. The van der Waals surface area contributed by atoms with Crippen LogP contribution in [0.1, 0.15) is 143 Å². The maximum absolute atomic E-state index is 12.1. The molecule has 15 heterocycles. The second-order valence-electron chi connectivity index (χ2n) is 31.8. The topological polar surface area (TPSA) is 259 Å². The maximum Gasteiger partial charge on any atom is 0.326 e. The third kappa shape index (κ3) is 22.7. The summed E-state index contributed by atoms with van der Waals surface area (Å²) in [7, 11) is 16.9. The van der Waals surface area contributed by atoms with Crippen LogP contribution in [0.4, 0.5) is 5.69 Å². The number of para-hydroxylation sites is 1. The van der Waals surface area contributed by atoms with E-state index in [1.807, 2.05) is 102 Å². The Morgan fingerprint density at radius 1 is 0.639 bits per heavy atom. The number of amides is 2. The number of likely N-dealkylation sites (tertiary alicyclic amines) is 7. The van der Waals surface area contributed by atoms with Crippen molar-refractivity contribution in [2.24, 2.45) is 11.3 Å². The van der Waals surface area contributed by atoms with Crippen molar-refractivity contribution in [1.82, 2.24) is 93.7 Å². The van der Waals surface area contributed by atoms with Crippen LogP contribution in [-0.4, -0.2) is 284 Å². The summed E-state index contributed by atoms with van der Waals surface area (Å²) in [4.78, 5) is 74.6. The number of nitrogens with one attached hydrogen (secondary N) is 4. The van der Waals surface area contributed by atoms with Gasteiger partial charge in [-0.2, -0.15) is 5.10 Å². The van der Waals surface area contributed by atoms with Crippen LogP contribution in [-0.2, 0) is 40.3 Å². The Balaban J connectivity index is 0.000000133. The van der Waals surface area contributed by atoms with Gasteiger partial charge in [0.05, 0.1) is 40.5 Å². The molecular formula is C81H125ClN20O6. The first-order valence-electron chi connectivity index (χ1n) is 39.7. The predicted molar refractivity (Wildman–Crippen MR) is 430 cm³/mol. The number of aryl methyl sites for hydroxylation is 2. The first-order chi connectivity index (χ1) is 52.0. The van der Waals surface area contributed by atoms with Crippen molar-refractivity contribution in [2.75, 3.05) is 159 Å². The van der Waals surface area contributed by atoms with Gasteiger partial charge < -0.3 is 74.0 Å². The van der Waals surface area contributed by atoms with E-state index in [1.54, 1.807) is 0 Å². The summed E-state index contributed by atoms with van der Waals surface area (Å²) in [5, 5.41) is 40.0. The molecule has 10 aliphatic heterocycles. The number of aliphatic hydroxyl groups is 1. The van der Waals surface area contributed by atoms with Crippen LogP contribution in [0.15, 0.2) is 96.4 Å². The molecular weight excluding hydrogens is 1380 g/mol. The number of rotatable bonds is 8. The molecule has 8 saturated heterocycles. The lowest BCUT2D eigenvalue weighted by molar-refractivity contribution is -0.143.